The first-order chi connectivity index (χ1) is 15.8. The van der Waals surface area contributed by atoms with Gasteiger partial charge >= 0.3 is 0 Å². The summed E-state index contributed by atoms with van der Waals surface area (Å²) in [5, 5.41) is 2.66. The molecule has 0 radical (unpaired) electrons. The van der Waals surface area contributed by atoms with Crippen molar-refractivity contribution in [3.8, 4) is 16.9 Å². The number of carbonyl (C=O) groups excluding carboxylic acids is 2. The van der Waals surface area contributed by atoms with Gasteiger partial charge < -0.3 is 25.7 Å². The van der Waals surface area contributed by atoms with E-state index < -0.39 is 0 Å². The number of carbonyl (C=O) groups is 2. The van der Waals surface area contributed by atoms with Crippen molar-refractivity contribution in [3.63, 3.8) is 0 Å². The van der Waals surface area contributed by atoms with Crippen LogP contribution in [0.3, 0.4) is 0 Å². The molecule has 1 heterocycles. The summed E-state index contributed by atoms with van der Waals surface area (Å²) in [6.45, 7) is 3.81. The Bertz CT molecular complexity index is 1380. The maximum atomic E-state index is 13.5. The topological polar surface area (TPSA) is 113 Å². The molecular formula is C25H25N5O3. The van der Waals surface area contributed by atoms with E-state index >= 15 is 0 Å². The van der Waals surface area contributed by atoms with Crippen LogP contribution in [0.15, 0.2) is 48.5 Å². The van der Waals surface area contributed by atoms with Gasteiger partial charge in [0.25, 0.3) is 5.91 Å². The minimum absolute atomic E-state index is 0.274. The number of aromatic nitrogens is 2. The number of rotatable bonds is 6. The number of ether oxygens (including phenoxy) is 1. The number of amides is 2. The first-order valence-electron chi connectivity index (χ1n) is 10.4. The van der Waals surface area contributed by atoms with E-state index in [1.807, 2.05) is 38.1 Å². The normalized spacial score (nSPS) is 10.8. The van der Waals surface area contributed by atoms with Crippen LogP contribution >= 0.6 is 0 Å². The van der Waals surface area contributed by atoms with E-state index in [1.165, 1.54) is 12.0 Å². The lowest BCUT2D eigenvalue weighted by atomic mass is 9.98. The number of benzene rings is 3. The average Bonchev–Trinajstić information content (AvgIpc) is 3.18. The van der Waals surface area contributed by atoms with E-state index in [9.17, 15) is 9.59 Å². The second-order valence-corrected chi connectivity index (χ2v) is 7.78. The molecule has 0 unspecified atom stereocenters. The number of nitrogens with zero attached hydrogens (tertiary/aromatic N) is 2. The van der Waals surface area contributed by atoms with Crippen LogP contribution in [0.1, 0.15) is 21.7 Å². The lowest BCUT2D eigenvalue weighted by Gasteiger charge is -2.23. The standard InChI is InChI=1S/C25H25N5O3/c1-14-8-11-21(19(26)12-14)30(3)25(32)18-10-9-17(24(33-4)23(18)27-13-31)16-6-5-7-20-22(16)29-15(2)28-20/h5-13H,26H2,1-4H3,(H,27,31)(H,28,29). The van der Waals surface area contributed by atoms with Crippen molar-refractivity contribution >= 4 is 40.4 Å². The number of nitrogens with two attached hydrogens (primary N) is 1. The molecule has 2 amide bonds. The predicted octanol–water partition coefficient (Wildman–Crippen LogP) is 4.28. The number of methoxy groups -OCH3 is 1. The zero-order valence-corrected chi connectivity index (χ0v) is 18.9. The number of H-pyrrole nitrogens is 1. The molecule has 33 heavy (non-hydrogen) atoms. The molecule has 168 valence electrons. The lowest BCUT2D eigenvalue weighted by molar-refractivity contribution is -0.105. The van der Waals surface area contributed by atoms with Crippen LogP contribution in [0, 0.1) is 13.8 Å². The molecule has 8 nitrogen and oxygen atoms in total. The fraction of sp³-hybridized carbons (Fsp3) is 0.160. The molecule has 0 aliphatic heterocycles. The molecule has 0 saturated carbocycles. The summed E-state index contributed by atoms with van der Waals surface area (Å²) >= 11 is 0. The number of aromatic amines is 1. The van der Waals surface area contributed by atoms with Gasteiger partial charge in [-0.15, -0.1) is 0 Å². The molecule has 0 saturated heterocycles. The molecule has 0 aliphatic rings. The largest absolute Gasteiger partial charge is 0.494 e. The van der Waals surface area contributed by atoms with Gasteiger partial charge in [-0.25, -0.2) is 4.98 Å². The molecule has 0 fully saturated rings. The Kier molecular flexibility index (Phi) is 5.74. The summed E-state index contributed by atoms with van der Waals surface area (Å²) in [5.74, 6) is 0.812. The van der Waals surface area contributed by atoms with Crippen molar-refractivity contribution < 1.29 is 14.3 Å². The smallest absolute Gasteiger partial charge is 0.260 e. The summed E-state index contributed by atoms with van der Waals surface area (Å²) < 4.78 is 5.70. The summed E-state index contributed by atoms with van der Waals surface area (Å²) in [7, 11) is 3.14. The quantitative estimate of drug-likeness (QED) is 0.304. The summed E-state index contributed by atoms with van der Waals surface area (Å²) in [6.07, 6.45) is 0.526. The van der Waals surface area contributed by atoms with Crippen molar-refractivity contribution in [2.45, 2.75) is 13.8 Å². The number of hydrogen-bond donors (Lipinski definition) is 3. The number of para-hydroxylation sites is 1. The second-order valence-electron chi connectivity index (χ2n) is 7.78. The van der Waals surface area contributed by atoms with Gasteiger partial charge in [0.05, 0.1) is 40.8 Å². The van der Waals surface area contributed by atoms with Crippen LogP contribution < -0.4 is 20.7 Å². The maximum Gasteiger partial charge on any atom is 0.260 e. The van der Waals surface area contributed by atoms with Crippen LogP contribution in [0.25, 0.3) is 22.2 Å². The Balaban J connectivity index is 1.87. The third kappa shape index (κ3) is 3.87. The van der Waals surface area contributed by atoms with Crippen LogP contribution in [0.2, 0.25) is 0 Å². The Morgan fingerprint density at radius 3 is 2.64 bits per heavy atom. The van der Waals surface area contributed by atoms with Crippen molar-refractivity contribution in [3.05, 3.63) is 65.5 Å². The van der Waals surface area contributed by atoms with Crippen LogP contribution in [0.4, 0.5) is 17.1 Å². The van der Waals surface area contributed by atoms with E-state index in [0.29, 0.717) is 29.1 Å². The van der Waals surface area contributed by atoms with Gasteiger partial charge in [0, 0.05) is 18.2 Å². The number of imidazole rings is 1. The Labute approximate surface area is 191 Å². The molecule has 0 aliphatic carbocycles. The molecule has 1 aromatic heterocycles. The van der Waals surface area contributed by atoms with Crippen molar-refractivity contribution in [2.24, 2.45) is 0 Å². The van der Waals surface area contributed by atoms with Gasteiger partial charge in [-0.1, -0.05) is 18.2 Å². The van der Waals surface area contributed by atoms with Crippen molar-refractivity contribution in [1.82, 2.24) is 9.97 Å². The number of nitrogen functional groups attached to an aromatic ring is 1. The van der Waals surface area contributed by atoms with Gasteiger partial charge in [0.1, 0.15) is 5.82 Å². The molecule has 8 heteroatoms. The molecule has 0 bridgehead atoms. The molecule has 0 atom stereocenters. The van der Waals surface area contributed by atoms with E-state index in [-0.39, 0.29) is 17.2 Å². The fourth-order valence-electron chi connectivity index (χ4n) is 4.03. The van der Waals surface area contributed by atoms with Crippen molar-refractivity contribution in [2.75, 3.05) is 30.1 Å². The second kappa shape index (κ2) is 8.66. The molecule has 4 N–H and O–H groups in total. The van der Waals surface area contributed by atoms with E-state index in [0.717, 1.165) is 28.0 Å². The lowest BCUT2D eigenvalue weighted by Crippen LogP contribution is -2.28. The van der Waals surface area contributed by atoms with E-state index in [2.05, 4.69) is 15.3 Å². The van der Waals surface area contributed by atoms with Gasteiger partial charge in [-0.3, -0.25) is 9.59 Å². The highest BCUT2D eigenvalue weighted by Gasteiger charge is 2.24. The van der Waals surface area contributed by atoms with Gasteiger partial charge in [0.2, 0.25) is 6.41 Å². The third-order valence-corrected chi connectivity index (χ3v) is 5.57. The van der Waals surface area contributed by atoms with Gasteiger partial charge in [0.15, 0.2) is 5.75 Å². The number of fused-ring (bicyclic) bond motifs is 1. The summed E-state index contributed by atoms with van der Waals surface area (Å²) in [6, 6.07) is 14.7. The summed E-state index contributed by atoms with van der Waals surface area (Å²) in [5.41, 5.74) is 11.9. The zero-order chi connectivity index (χ0) is 23.7. The minimum atomic E-state index is -0.339. The highest BCUT2D eigenvalue weighted by atomic mass is 16.5. The zero-order valence-electron chi connectivity index (χ0n) is 18.9. The molecule has 3 aromatic carbocycles. The van der Waals surface area contributed by atoms with E-state index in [1.54, 1.807) is 31.3 Å². The Morgan fingerprint density at radius 1 is 1.15 bits per heavy atom. The summed E-state index contributed by atoms with van der Waals surface area (Å²) in [4.78, 5) is 34.2. The third-order valence-electron chi connectivity index (χ3n) is 5.57. The Morgan fingerprint density at radius 2 is 1.94 bits per heavy atom. The molecule has 0 spiro atoms. The monoisotopic (exact) mass is 443 g/mol. The first kappa shape index (κ1) is 21.9. The number of hydrogen-bond acceptors (Lipinski definition) is 5. The van der Waals surface area contributed by atoms with Gasteiger partial charge in [-0.2, -0.15) is 0 Å². The van der Waals surface area contributed by atoms with E-state index in [4.69, 9.17) is 10.5 Å². The maximum absolute atomic E-state index is 13.5. The number of aryl methyl sites for hydroxylation is 2. The first-order valence-corrected chi connectivity index (χ1v) is 10.4. The molecule has 4 rings (SSSR count). The number of anilines is 3. The highest BCUT2D eigenvalue weighted by Crippen LogP contribution is 2.41. The minimum Gasteiger partial charge on any atom is -0.494 e. The molecule has 4 aromatic rings. The van der Waals surface area contributed by atoms with Crippen molar-refractivity contribution in [1.29, 1.82) is 0 Å². The average molecular weight is 444 g/mol. The number of nitrogens with one attached hydrogen (secondary N) is 2. The van der Waals surface area contributed by atoms with Crippen LogP contribution in [-0.4, -0.2) is 36.4 Å². The fourth-order valence-corrected chi connectivity index (χ4v) is 4.03. The highest BCUT2D eigenvalue weighted by molar-refractivity contribution is 6.13. The Hall–Kier alpha value is -4.33. The van der Waals surface area contributed by atoms with Crippen LogP contribution in [0.5, 0.6) is 5.75 Å². The SMILES string of the molecule is COc1c(-c2cccc3[nH]c(C)nc23)ccc(C(=O)N(C)c2ccc(C)cc2N)c1NC=O. The molecular weight excluding hydrogens is 418 g/mol. The predicted molar refractivity (Wildman–Crippen MR) is 131 cm³/mol. The van der Waals surface area contributed by atoms with Gasteiger partial charge in [-0.05, 0) is 49.7 Å². The van der Waals surface area contributed by atoms with Crippen LogP contribution in [-0.2, 0) is 4.79 Å².